The Morgan fingerprint density at radius 1 is 0.578 bits per heavy atom. The molecule has 4 aromatic carbocycles. The lowest BCUT2D eigenvalue weighted by atomic mass is 10.1. The average molecular weight is 918 g/mol. The highest BCUT2D eigenvalue weighted by Gasteiger charge is 2.36. The normalized spacial score (nSPS) is 12.5. The quantitative estimate of drug-likeness (QED) is 0.0193. The number of hydrogen-bond donors (Lipinski definition) is 0. The molecule has 4 aromatic rings. The highest BCUT2D eigenvalue weighted by molar-refractivity contribution is 6.33. The third-order valence-electron chi connectivity index (χ3n) is 8.85. The molecule has 0 bridgehead atoms. The average Bonchev–Trinajstić information content (AvgIpc) is 3.67. The molecule has 4 amide bonds. The van der Waals surface area contributed by atoms with Crippen LogP contribution in [0.4, 0.5) is 0 Å². The van der Waals surface area contributed by atoms with Gasteiger partial charge in [0.25, 0.3) is 23.6 Å². The van der Waals surface area contributed by atoms with Crippen molar-refractivity contribution >= 4 is 82.7 Å². The van der Waals surface area contributed by atoms with Gasteiger partial charge in [0, 0.05) is 10.6 Å². The maximum absolute atomic E-state index is 12.6. The Morgan fingerprint density at radius 3 is 1.39 bits per heavy atom. The predicted molar refractivity (Wildman–Crippen MR) is 236 cm³/mol. The second kappa shape index (κ2) is 26.1. The summed E-state index contributed by atoms with van der Waals surface area (Å²) >= 11 is 11.7. The van der Waals surface area contributed by atoms with Gasteiger partial charge in [-0.15, -0.1) is 0 Å². The molecule has 15 nitrogen and oxygen atoms in total. The van der Waals surface area contributed by atoms with Crippen molar-refractivity contribution in [3.05, 3.63) is 146 Å². The van der Waals surface area contributed by atoms with E-state index in [1.54, 1.807) is 111 Å². The summed E-state index contributed by atoms with van der Waals surface area (Å²) in [6, 6.07) is 26.8. The van der Waals surface area contributed by atoms with Crippen molar-refractivity contribution in [2.45, 2.75) is 27.7 Å². The number of fused-ring (bicyclic) bond motifs is 2. The van der Waals surface area contributed by atoms with Gasteiger partial charge >= 0.3 is 11.9 Å². The minimum absolute atomic E-state index is 0. The minimum atomic E-state index is -0.781. The summed E-state index contributed by atoms with van der Waals surface area (Å²) in [6.45, 7) is 2.94. The largest absolute Gasteiger partial charge is 0.466 e. The fraction of sp³-hybridized carbons (Fsp3) is 0.255. The molecule has 336 valence electrons. The van der Waals surface area contributed by atoms with E-state index < -0.39 is 41.9 Å². The number of carbonyl (C=O) groups excluding carboxylic acids is 9. The summed E-state index contributed by atoms with van der Waals surface area (Å²) in [6.07, 6.45) is 1.75. The molecular formula is C47H46Cl2N2O13. The second-order valence-corrected chi connectivity index (χ2v) is 13.9. The number of carbonyl (C=O) groups is 9. The van der Waals surface area contributed by atoms with Gasteiger partial charge in [0.15, 0.2) is 17.9 Å². The molecule has 2 aliphatic rings. The van der Waals surface area contributed by atoms with E-state index in [4.69, 9.17) is 37.4 Å². The number of imide groups is 2. The van der Waals surface area contributed by atoms with Gasteiger partial charge in [0.2, 0.25) is 0 Å². The number of nitrogens with zero attached hydrogens (tertiary/aromatic N) is 2. The lowest BCUT2D eigenvalue weighted by Gasteiger charge is -2.14. The molecule has 6 rings (SSSR count). The van der Waals surface area contributed by atoms with Gasteiger partial charge < -0.3 is 18.9 Å². The lowest BCUT2D eigenvalue weighted by molar-refractivity contribution is -0.146. The van der Waals surface area contributed by atoms with E-state index in [9.17, 15) is 43.2 Å². The van der Waals surface area contributed by atoms with Crippen molar-refractivity contribution in [2.24, 2.45) is 0 Å². The fourth-order valence-electron chi connectivity index (χ4n) is 5.83. The Hall–Kier alpha value is -6.65. The molecule has 0 saturated heterocycles. The molecule has 0 radical (unpaired) electrons. The van der Waals surface area contributed by atoms with E-state index in [1.807, 2.05) is 0 Å². The van der Waals surface area contributed by atoms with E-state index in [0.29, 0.717) is 43.4 Å². The monoisotopic (exact) mass is 916 g/mol. The third kappa shape index (κ3) is 14.2. The number of rotatable bonds is 18. The zero-order chi connectivity index (χ0) is 45.9. The minimum Gasteiger partial charge on any atom is -0.466 e. The van der Waals surface area contributed by atoms with Crippen LogP contribution in [-0.4, -0.2) is 116 Å². The van der Waals surface area contributed by atoms with E-state index in [-0.39, 0.29) is 77.4 Å². The molecule has 0 aliphatic carbocycles. The number of benzene rings is 4. The Balaban J connectivity index is 0.000000289. The van der Waals surface area contributed by atoms with Crippen LogP contribution in [0, 0.1) is 0 Å². The Bertz CT molecular complexity index is 2330. The number of esters is 2. The standard InChI is InChI=1S/C23H20ClNO6.C16H17NO6.C7H5ClO.CH4/c1-2-31-23(29)18(13-15-7-3-6-10-19(15)24)20(26)14-30-12-11-25-21(27)16-8-4-5-9-17(16)22(25)28;1-2-23-14(19)9-11(18)10-22-8-7-17-15(20)12-5-3-4-6-13(12)16(17)21;8-7-4-2-1-3-6(7)5-9;/h3-10,13H,2,11-12,14H2,1H3;3-6H,2,7-10H2,1H3;1-5H;1H4/b18-13-;;;. The van der Waals surface area contributed by atoms with E-state index in [2.05, 4.69) is 4.74 Å². The summed E-state index contributed by atoms with van der Waals surface area (Å²) < 4.78 is 20.1. The molecule has 64 heavy (non-hydrogen) atoms. The van der Waals surface area contributed by atoms with Gasteiger partial charge in [-0.05, 0) is 61.9 Å². The van der Waals surface area contributed by atoms with Gasteiger partial charge in [0.05, 0.1) is 66.8 Å². The van der Waals surface area contributed by atoms with Crippen molar-refractivity contribution in [3.63, 3.8) is 0 Å². The van der Waals surface area contributed by atoms with E-state index >= 15 is 0 Å². The first-order valence-corrected chi connectivity index (χ1v) is 20.2. The van der Waals surface area contributed by atoms with Crippen LogP contribution in [0.25, 0.3) is 6.08 Å². The zero-order valence-electron chi connectivity index (χ0n) is 34.2. The number of hydrogen-bond acceptors (Lipinski definition) is 13. The van der Waals surface area contributed by atoms with E-state index in [1.165, 1.54) is 6.08 Å². The maximum Gasteiger partial charge on any atom is 0.341 e. The van der Waals surface area contributed by atoms with Crippen molar-refractivity contribution < 1.29 is 62.1 Å². The van der Waals surface area contributed by atoms with Crippen LogP contribution < -0.4 is 0 Å². The number of amides is 4. The Morgan fingerprint density at radius 2 is 0.984 bits per heavy atom. The Labute approximate surface area is 379 Å². The van der Waals surface area contributed by atoms with Crippen LogP contribution in [0.2, 0.25) is 10.0 Å². The molecule has 0 unspecified atom stereocenters. The Kier molecular flexibility index (Phi) is 21.1. The molecule has 2 aliphatic heterocycles. The van der Waals surface area contributed by atoms with Crippen molar-refractivity contribution in [3.8, 4) is 0 Å². The van der Waals surface area contributed by atoms with Gasteiger partial charge in [-0.3, -0.25) is 48.2 Å². The number of aldehydes is 1. The van der Waals surface area contributed by atoms with Crippen LogP contribution in [0.1, 0.15) is 85.0 Å². The molecule has 0 spiro atoms. The highest BCUT2D eigenvalue weighted by Crippen LogP contribution is 2.24. The lowest BCUT2D eigenvalue weighted by Crippen LogP contribution is -2.33. The van der Waals surface area contributed by atoms with Crippen molar-refractivity contribution in [2.75, 3.05) is 52.7 Å². The highest BCUT2D eigenvalue weighted by atomic mass is 35.5. The smallest absolute Gasteiger partial charge is 0.341 e. The molecule has 0 fully saturated rings. The van der Waals surface area contributed by atoms with Crippen LogP contribution in [-0.2, 0) is 38.1 Å². The summed E-state index contributed by atoms with van der Waals surface area (Å²) in [5, 5.41) is 0.885. The summed E-state index contributed by atoms with van der Waals surface area (Å²) in [5.41, 5.74) is 2.26. The first kappa shape index (κ1) is 51.7. The van der Waals surface area contributed by atoms with Gasteiger partial charge in [-0.2, -0.15) is 0 Å². The molecular weight excluding hydrogens is 871 g/mol. The summed E-state index contributed by atoms with van der Waals surface area (Å²) in [7, 11) is 0. The molecule has 2 heterocycles. The van der Waals surface area contributed by atoms with Gasteiger partial charge in [0.1, 0.15) is 25.2 Å². The summed E-state index contributed by atoms with van der Waals surface area (Å²) in [5.74, 6) is -3.92. The molecule has 0 aromatic heterocycles. The van der Waals surface area contributed by atoms with Gasteiger partial charge in [-0.25, -0.2) is 4.79 Å². The topological polar surface area (TPSA) is 197 Å². The van der Waals surface area contributed by atoms with Crippen LogP contribution >= 0.6 is 23.2 Å². The molecule has 17 heteroatoms. The zero-order valence-corrected chi connectivity index (χ0v) is 35.7. The van der Waals surface area contributed by atoms with Crippen molar-refractivity contribution in [1.29, 1.82) is 0 Å². The SMILES string of the molecule is C.CCOC(=O)/C(=C\c1ccccc1Cl)C(=O)COCCN1C(=O)c2ccccc2C1=O.CCOC(=O)CC(=O)COCCN1C(=O)c2ccccc2C1=O.O=Cc1ccccc1Cl. The predicted octanol–water partition coefficient (Wildman–Crippen LogP) is 6.78. The maximum atomic E-state index is 12.6. The number of ketones is 2. The summed E-state index contributed by atoms with van der Waals surface area (Å²) in [4.78, 5) is 109. The van der Waals surface area contributed by atoms with Crippen LogP contribution in [0.15, 0.2) is 103 Å². The molecule has 0 atom stereocenters. The number of halogens is 2. The number of Topliss-reactive ketones (excluding diaryl/α,β-unsaturated/α-hetero) is 2. The molecule has 0 saturated carbocycles. The van der Waals surface area contributed by atoms with Gasteiger partial charge in [-0.1, -0.05) is 91.3 Å². The van der Waals surface area contributed by atoms with Crippen molar-refractivity contribution in [1.82, 2.24) is 9.80 Å². The molecule has 0 N–H and O–H groups in total. The van der Waals surface area contributed by atoms with Crippen LogP contribution in [0.3, 0.4) is 0 Å². The van der Waals surface area contributed by atoms with E-state index in [0.717, 1.165) is 16.1 Å². The van der Waals surface area contributed by atoms with Crippen LogP contribution in [0.5, 0.6) is 0 Å². The second-order valence-electron chi connectivity index (χ2n) is 13.1. The fourth-order valence-corrected chi connectivity index (χ4v) is 6.20. The third-order valence-corrected chi connectivity index (χ3v) is 9.54. The first-order chi connectivity index (χ1) is 30.3. The first-order valence-electron chi connectivity index (χ1n) is 19.4. The number of ether oxygens (including phenoxy) is 4.